The average Bonchev–Trinajstić information content (AvgIpc) is 2.38. The molecule has 100 valence electrons. The molecule has 0 saturated carbocycles. The molecule has 1 aromatic rings. The van der Waals surface area contributed by atoms with E-state index in [0.29, 0.717) is 12.0 Å². The first-order valence-corrected chi connectivity index (χ1v) is 6.61. The highest BCUT2D eigenvalue weighted by molar-refractivity contribution is 5.45. The van der Waals surface area contributed by atoms with E-state index in [0.717, 1.165) is 44.1 Å². The molecule has 1 N–H and O–H groups in total. The molecule has 1 aliphatic heterocycles. The lowest BCUT2D eigenvalue weighted by Gasteiger charge is -2.32. The second-order valence-electron chi connectivity index (χ2n) is 4.68. The molecule has 5 nitrogen and oxygen atoms in total. The number of hydrogen-bond donors (Lipinski definition) is 1. The summed E-state index contributed by atoms with van der Waals surface area (Å²) in [7, 11) is 2.10. The first-order chi connectivity index (χ1) is 8.70. The van der Waals surface area contributed by atoms with Crippen LogP contribution in [0.3, 0.4) is 0 Å². The van der Waals surface area contributed by atoms with Crippen LogP contribution >= 0.6 is 0 Å². The van der Waals surface area contributed by atoms with Gasteiger partial charge in [0.15, 0.2) is 0 Å². The van der Waals surface area contributed by atoms with E-state index in [2.05, 4.69) is 27.2 Å². The molecular formula is C13H22N4O. The van der Waals surface area contributed by atoms with Gasteiger partial charge in [-0.3, -0.25) is 0 Å². The zero-order chi connectivity index (χ0) is 13.0. The van der Waals surface area contributed by atoms with Crippen LogP contribution in [0.2, 0.25) is 0 Å². The van der Waals surface area contributed by atoms with Crippen molar-refractivity contribution in [1.29, 1.82) is 0 Å². The minimum absolute atomic E-state index is 0.516. The number of aromatic nitrogens is 2. The Kier molecular flexibility index (Phi) is 4.36. The molecule has 1 saturated heterocycles. The fraction of sp³-hybridized carbons (Fsp3) is 0.692. The second-order valence-corrected chi connectivity index (χ2v) is 4.68. The van der Waals surface area contributed by atoms with E-state index in [9.17, 15) is 0 Å². The second kappa shape index (κ2) is 6.00. The zero-order valence-corrected chi connectivity index (χ0v) is 11.4. The van der Waals surface area contributed by atoms with Crippen molar-refractivity contribution in [2.75, 3.05) is 37.0 Å². The molecule has 0 bridgehead atoms. The fourth-order valence-electron chi connectivity index (χ4n) is 2.23. The highest BCUT2D eigenvalue weighted by Gasteiger charge is 2.20. The molecule has 0 spiro atoms. The molecule has 5 heteroatoms. The Morgan fingerprint density at radius 2 is 2.11 bits per heavy atom. The number of hydrogen-bond acceptors (Lipinski definition) is 5. The normalized spacial score (nSPS) is 16.6. The number of rotatable bonds is 4. The summed E-state index contributed by atoms with van der Waals surface area (Å²) in [4.78, 5) is 11.2. The van der Waals surface area contributed by atoms with Gasteiger partial charge in [0.1, 0.15) is 5.82 Å². The molecule has 0 amide bonds. The van der Waals surface area contributed by atoms with Gasteiger partial charge in [-0.25, -0.2) is 4.98 Å². The van der Waals surface area contributed by atoms with Gasteiger partial charge in [-0.1, -0.05) is 0 Å². The first-order valence-electron chi connectivity index (χ1n) is 6.61. The van der Waals surface area contributed by atoms with Crippen LogP contribution in [0.15, 0.2) is 6.07 Å². The third-order valence-corrected chi connectivity index (χ3v) is 3.28. The van der Waals surface area contributed by atoms with E-state index in [1.165, 1.54) is 0 Å². The van der Waals surface area contributed by atoms with Crippen molar-refractivity contribution in [3.05, 3.63) is 11.8 Å². The Hall–Kier alpha value is -1.36. The number of aryl methyl sites for hydroxylation is 1. The van der Waals surface area contributed by atoms with Crippen LogP contribution in [0.5, 0.6) is 0 Å². The van der Waals surface area contributed by atoms with Crippen molar-refractivity contribution in [3.63, 3.8) is 0 Å². The lowest BCUT2D eigenvalue weighted by atomic mass is 10.1. The number of nitrogens with zero attached hydrogens (tertiary/aromatic N) is 3. The van der Waals surface area contributed by atoms with E-state index in [4.69, 9.17) is 4.74 Å². The minimum atomic E-state index is 0.516. The largest absolute Gasteiger partial charge is 0.381 e. The van der Waals surface area contributed by atoms with Crippen molar-refractivity contribution in [1.82, 2.24) is 9.97 Å². The summed E-state index contributed by atoms with van der Waals surface area (Å²) >= 11 is 0. The maximum absolute atomic E-state index is 5.40. The molecule has 0 unspecified atom stereocenters. The van der Waals surface area contributed by atoms with Crippen LogP contribution in [0.4, 0.5) is 11.8 Å². The molecule has 0 aliphatic carbocycles. The molecule has 2 heterocycles. The van der Waals surface area contributed by atoms with Gasteiger partial charge < -0.3 is 15.0 Å². The molecule has 0 aromatic carbocycles. The SMILES string of the molecule is CCNc1nc(C)cc(N(C)C2CCOCC2)n1. The van der Waals surface area contributed by atoms with Crippen molar-refractivity contribution < 1.29 is 4.74 Å². The van der Waals surface area contributed by atoms with E-state index in [-0.39, 0.29) is 0 Å². The maximum atomic E-state index is 5.40. The van der Waals surface area contributed by atoms with E-state index in [1.54, 1.807) is 0 Å². The molecular weight excluding hydrogens is 228 g/mol. The predicted molar refractivity (Wildman–Crippen MR) is 73.2 cm³/mol. The van der Waals surface area contributed by atoms with Gasteiger partial charge in [0.25, 0.3) is 0 Å². The Labute approximate surface area is 109 Å². The Balaban J connectivity index is 2.15. The van der Waals surface area contributed by atoms with Gasteiger partial charge >= 0.3 is 0 Å². The lowest BCUT2D eigenvalue weighted by Crippen LogP contribution is -2.37. The summed E-state index contributed by atoms with van der Waals surface area (Å²) in [6, 6.07) is 2.55. The van der Waals surface area contributed by atoms with Gasteiger partial charge in [-0.05, 0) is 26.7 Å². The average molecular weight is 250 g/mol. The summed E-state index contributed by atoms with van der Waals surface area (Å²) in [6.07, 6.45) is 2.13. The van der Waals surface area contributed by atoms with Crippen LogP contribution in [-0.2, 0) is 4.74 Å². The third-order valence-electron chi connectivity index (χ3n) is 3.28. The van der Waals surface area contributed by atoms with Gasteiger partial charge in [0.2, 0.25) is 5.95 Å². The van der Waals surface area contributed by atoms with E-state index >= 15 is 0 Å². The number of ether oxygens (including phenoxy) is 1. The first kappa shape index (κ1) is 13.1. The van der Waals surface area contributed by atoms with Crippen molar-refractivity contribution in [2.24, 2.45) is 0 Å². The molecule has 1 aromatic heterocycles. The highest BCUT2D eigenvalue weighted by Crippen LogP contribution is 2.20. The maximum Gasteiger partial charge on any atom is 0.224 e. The van der Waals surface area contributed by atoms with Gasteiger partial charge in [-0.2, -0.15) is 4.98 Å². The number of nitrogens with one attached hydrogen (secondary N) is 1. The number of anilines is 2. The van der Waals surface area contributed by atoms with Gasteiger partial charge in [-0.15, -0.1) is 0 Å². The van der Waals surface area contributed by atoms with Crippen LogP contribution in [-0.4, -0.2) is 42.8 Å². The standard InChI is InChI=1S/C13H22N4O/c1-4-14-13-15-10(2)9-12(16-13)17(3)11-5-7-18-8-6-11/h9,11H,4-8H2,1-3H3,(H,14,15,16). The van der Waals surface area contributed by atoms with Crippen molar-refractivity contribution >= 4 is 11.8 Å². The predicted octanol–water partition coefficient (Wildman–Crippen LogP) is 1.83. The Morgan fingerprint density at radius 3 is 2.78 bits per heavy atom. The molecule has 18 heavy (non-hydrogen) atoms. The topological polar surface area (TPSA) is 50.3 Å². The molecule has 0 atom stereocenters. The summed E-state index contributed by atoms with van der Waals surface area (Å²) in [5, 5.41) is 3.17. The van der Waals surface area contributed by atoms with Crippen LogP contribution in [0.1, 0.15) is 25.5 Å². The Morgan fingerprint density at radius 1 is 1.39 bits per heavy atom. The lowest BCUT2D eigenvalue weighted by molar-refractivity contribution is 0.0853. The quantitative estimate of drug-likeness (QED) is 0.883. The van der Waals surface area contributed by atoms with Crippen LogP contribution in [0, 0.1) is 6.92 Å². The Bertz CT molecular complexity index is 391. The third kappa shape index (κ3) is 3.10. The summed E-state index contributed by atoms with van der Waals surface area (Å²) in [5.74, 6) is 1.71. The van der Waals surface area contributed by atoms with Crippen molar-refractivity contribution in [3.8, 4) is 0 Å². The van der Waals surface area contributed by atoms with Crippen LogP contribution < -0.4 is 10.2 Å². The zero-order valence-electron chi connectivity index (χ0n) is 11.4. The monoisotopic (exact) mass is 250 g/mol. The van der Waals surface area contributed by atoms with E-state index < -0.39 is 0 Å². The summed E-state index contributed by atoms with van der Waals surface area (Å²) < 4.78 is 5.40. The molecule has 2 rings (SSSR count). The van der Waals surface area contributed by atoms with E-state index in [1.807, 2.05) is 19.9 Å². The highest BCUT2D eigenvalue weighted by atomic mass is 16.5. The van der Waals surface area contributed by atoms with Crippen molar-refractivity contribution in [2.45, 2.75) is 32.7 Å². The fourth-order valence-corrected chi connectivity index (χ4v) is 2.23. The molecule has 0 radical (unpaired) electrons. The van der Waals surface area contributed by atoms with Crippen LogP contribution in [0.25, 0.3) is 0 Å². The molecule has 1 aliphatic rings. The molecule has 1 fully saturated rings. The van der Waals surface area contributed by atoms with Gasteiger partial charge in [0, 0.05) is 44.6 Å². The van der Waals surface area contributed by atoms with Gasteiger partial charge in [0.05, 0.1) is 0 Å². The smallest absolute Gasteiger partial charge is 0.224 e. The summed E-state index contributed by atoms with van der Waals surface area (Å²) in [5.41, 5.74) is 0.995. The summed E-state index contributed by atoms with van der Waals surface area (Å²) in [6.45, 7) is 6.58. The minimum Gasteiger partial charge on any atom is -0.381 e.